The molecular formula is C17H27N3O4. The van der Waals surface area contributed by atoms with Crippen molar-refractivity contribution < 1.29 is 19.1 Å². The third-order valence-corrected chi connectivity index (χ3v) is 3.60. The van der Waals surface area contributed by atoms with Crippen molar-refractivity contribution in [3.63, 3.8) is 0 Å². The van der Waals surface area contributed by atoms with Gasteiger partial charge in [0.25, 0.3) is 0 Å². The molecule has 134 valence electrons. The van der Waals surface area contributed by atoms with Crippen molar-refractivity contribution in [2.45, 2.75) is 32.7 Å². The fourth-order valence-corrected chi connectivity index (χ4v) is 2.01. The molecule has 0 saturated heterocycles. The minimum Gasteiger partial charge on any atom is -0.497 e. The Morgan fingerprint density at radius 1 is 1.17 bits per heavy atom. The summed E-state index contributed by atoms with van der Waals surface area (Å²) in [6.07, 6.45) is 1.44. The van der Waals surface area contributed by atoms with E-state index in [4.69, 9.17) is 9.47 Å². The summed E-state index contributed by atoms with van der Waals surface area (Å²) in [6.45, 7) is 4.26. The Morgan fingerprint density at radius 3 is 2.54 bits per heavy atom. The van der Waals surface area contributed by atoms with Gasteiger partial charge in [0.05, 0.1) is 20.8 Å². The van der Waals surface area contributed by atoms with Gasteiger partial charge >= 0.3 is 6.03 Å². The van der Waals surface area contributed by atoms with Crippen molar-refractivity contribution in [3.8, 4) is 11.5 Å². The first kappa shape index (κ1) is 19.6. The van der Waals surface area contributed by atoms with Crippen molar-refractivity contribution >= 4 is 11.9 Å². The van der Waals surface area contributed by atoms with Gasteiger partial charge < -0.3 is 25.4 Å². The van der Waals surface area contributed by atoms with E-state index in [1.54, 1.807) is 14.2 Å². The molecule has 3 N–H and O–H groups in total. The molecule has 0 heterocycles. The predicted molar refractivity (Wildman–Crippen MR) is 92.5 cm³/mol. The lowest BCUT2D eigenvalue weighted by atomic mass is 10.1. The van der Waals surface area contributed by atoms with Crippen LogP contribution < -0.4 is 25.4 Å². The van der Waals surface area contributed by atoms with Gasteiger partial charge in [-0.2, -0.15) is 0 Å². The Labute approximate surface area is 143 Å². The van der Waals surface area contributed by atoms with Crippen molar-refractivity contribution in [1.82, 2.24) is 16.0 Å². The van der Waals surface area contributed by atoms with Crippen molar-refractivity contribution in [2.24, 2.45) is 0 Å². The van der Waals surface area contributed by atoms with Gasteiger partial charge in [-0.05, 0) is 43.5 Å². The normalized spacial score (nSPS) is 11.3. The summed E-state index contributed by atoms with van der Waals surface area (Å²) in [7, 11) is 3.20. The van der Waals surface area contributed by atoms with Crippen LogP contribution in [-0.4, -0.2) is 45.3 Å². The summed E-state index contributed by atoms with van der Waals surface area (Å²) in [5, 5.41) is 8.03. The lowest BCUT2D eigenvalue weighted by Gasteiger charge is -2.13. The Bertz CT molecular complexity index is 549. The van der Waals surface area contributed by atoms with Gasteiger partial charge in [0.2, 0.25) is 5.91 Å². The maximum Gasteiger partial charge on any atom is 0.315 e. The van der Waals surface area contributed by atoms with E-state index in [9.17, 15) is 9.59 Å². The van der Waals surface area contributed by atoms with Crippen LogP contribution in [0.5, 0.6) is 11.5 Å². The standard InChI is InChI=1S/C17H27N3O4/c1-5-12(2)20-17(22)19-11-16(21)18-9-8-13-10-14(23-3)6-7-15(13)24-4/h6-7,10,12H,5,8-9,11H2,1-4H3,(H,18,21)(H2,19,20,22). The van der Waals surface area contributed by atoms with E-state index < -0.39 is 0 Å². The first-order chi connectivity index (χ1) is 11.5. The number of rotatable bonds is 9. The van der Waals surface area contributed by atoms with Crippen LogP contribution in [-0.2, 0) is 11.2 Å². The molecule has 1 aromatic rings. The lowest BCUT2D eigenvalue weighted by molar-refractivity contribution is -0.120. The zero-order valence-corrected chi connectivity index (χ0v) is 14.8. The molecule has 0 spiro atoms. The highest BCUT2D eigenvalue weighted by molar-refractivity contribution is 5.83. The molecule has 0 radical (unpaired) electrons. The topological polar surface area (TPSA) is 88.7 Å². The smallest absolute Gasteiger partial charge is 0.315 e. The van der Waals surface area contributed by atoms with Crippen molar-refractivity contribution in [3.05, 3.63) is 23.8 Å². The Morgan fingerprint density at radius 2 is 1.92 bits per heavy atom. The van der Waals surface area contributed by atoms with Crippen LogP contribution in [0.15, 0.2) is 18.2 Å². The van der Waals surface area contributed by atoms with Crippen LogP contribution in [0.2, 0.25) is 0 Å². The first-order valence-corrected chi connectivity index (χ1v) is 8.02. The van der Waals surface area contributed by atoms with Gasteiger partial charge in [-0.25, -0.2) is 4.79 Å². The molecule has 0 aliphatic rings. The molecule has 7 heteroatoms. The fraction of sp³-hybridized carbons (Fsp3) is 0.529. The van der Waals surface area contributed by atoms with Crippen LogP contribution in [0, 0.1) is 0 Å². The lowest BCUT2D eigenvalue weighted by Crippen LogP contribution is -2.45. The molecular weight excluding hydrogens is 310 g/mol. The molecule has 24 heavy (non-hydrogen) atoms. The summed E-state index contributed by atoms with van der Waals surface area (Å²) in [4.78, 5) is 23.3. The molecule has 1 aromatic carbocycles. The fourth-order valence-electron chi connectivity index (χ4n) is 2.01. The molecule has 0 aromatic heterocycles. The number of carbonyl (C=O) groups excluding carboxylic acids is 2. The molecule has 7 nitrogen and oxygen atoms in total. The van der Waals surface area contributed by atoms with E-state index in [1.807, 2.05) is 32.0 Å². The zero-order valence-electron chi connectivity index (χ0n) is 14.8. The van der Waals surface area contributed by atoms with Crippen LogP contribution in [0.3, 0.4) is 0 Å². The van der Waals surface area contributed by atoms with Crippen LogP contribution in [0.4, 0.5) is 4.79 Å². The minimum absolute atomic E-state index is 0.0580. The zero-order chi connectivity index (χ0) is 17.9. The van der Waals surface area contributed by atoms with Crippen molar-refractivity contribution in [2.75, 3.05) is 27.3 Å². The molecule has 0 fully saturated rings. The van der Waals surface area contributed by atoms with Gasteiger partial charge in [0.1, 0.15) is 11.5 Å². The molecule has 0 aliphatic heterocycles. The summed E-state index contributed by atoms with van der Waals surface area (Å²) in [5.41, 5.74) is 0.944. The van der Waals surface area contributed by atoms with Gasteiger partial charge in [0, 0.05) is 12.6 Å². The molecule has 1 atom stereocenters. The monoisotopic (exact) mass is 337 g/mol. The second kappa shape index (κ2) is 10.4. The van der Waals surface area contributed by atoms with Crippen LogP contribution in [0.1, 0.15) is 25.8 Å². The third-order valence-electron chi connectivity index (χ3n) is 3.60. The van der Waals surface area contributed by atoms with Gasteiger partial charge in [-0.15, -0.1) is 0 Å². The Balaban J connectivity index is 2.36. The summed E-state index contributed by atoms with van der Waals surface area (Å²) in [6, 6.07) is 5.27. The molecule has 3 amide bonds. The van der Waals surface area contributed by atoms with E-state index >= 15 is 0 Å². The predicted octanol–water partition coefficient (Wildman–Crippen LogP) is 1.46. The Hall–Kier alpha value is -2.44. The number of carbonyl (C=O) groups is 2. The number of hydrogen-bond acceptors (Lipinski definition) is 4. The number of urea groups is 1. The number of ether oxygens (including phenoxy) is 2. The number of nitrogens with one attached hydrogen (secondary N) is 3. The number of benzene rings is 1. The largest absolute Gasteiger partial charge is 0.497 e. The molecule has 1 unspecified atom stereocenters. The van der Waals surface area contributed by atoms with E-state index in [0.717, 1.165) is 23.5 Å². The summed E-state index contributed by atoms with van der Waals surface area (Å²) < 4.78 is 10.5. The van der Waals surface area contributed by atoms with Crippen LogP contribution in [0.25, 0.3) is 0 Å². The second-order valence-electron chi connectivity index (χ2n) is 5.41. The maximum atomic E-state index is 11.8. The van der Waals surface area contributed by atoms with Crippen molar-refractivity contribution in [1.29, 1.82) is 0 Å². The van der Waals surface area contributed by atoms with E-state index in [1.165, 1.54) is 0 Å². The average molecular weight is 337 g/mol. The quantitative estimate of drug-likeness (QED) is 0.636. The van der Waals surface area contributed by atoms with E-state index in [0.29, 0.717) is 13.0 Å². The second-order valence-corrected chi connectivity index (χ2v) is 5.41. The average Bonchev–Trinajstić information content (AvgIpc) is 2.59. The van der Waals surface area contributed by atoms with Gasteiger partial charge in [-0.1, -0.05) is 6.92 Å². The molecule has 0 bridgehead atoms. The SMILES string of the molecule is CCC(C)NC(=O)NCC(=O)NCCc1cc(OC)ccc1OC. The highest BCUT2D eigenvalue weighted by Gasteiger charge is 2.09. The molecule has 0 saturated carbocycles. The minimum atomic E-state index is -0.339. The molecule has 1 rings (SSSR count). The summed E-state index contributed by atoms with van der Waals surface area (Å²) in [5.74, 6) is 1.24. The maximum absolute atomic E-state index is 11.8. The Kier molecular flexibility index (Phi) is 8.46. The first-order valence-electron chi connectivity index (χ1n) is 8.02. The van der Waals surface area contributed by atoms with Gasteiger partial charge in [-0.3, -0.25) is 4.79 Å². The number of hydrogen-bond donors (Lipinski definition) is 3. The van der Waals surface area contributed by atoms with Gasteiger partial charge in [0.15, 0.2) is 0 Å². The molecule has 0 aliphatic carbocycles. The number of amides is 3. The highest BCUT2D eigenvalue weighted by Crippen LogP contribution is 2.23. The van der Waals surface area contributed by atoms with E-state index in [-0.39, 0.29) is 24.5 Å². The highest BCUT2D eigenvalue weighted by atomic mass is 16.5. The number of methoxy groups -OCH3 is 2. The summed E-state index contributed by atoms with van der Waals surface area (Å²) >= 11 is 0. The third kappa shape index (κ3) is 6.76. The van der Waals surface area contributed by atoms with Crippen LogP contribution >= 0.6 is 0 Å². The van der Waals surface area contributed by atoms with E-state index in [2.05, 4.69) is 16.0 Å².